The predicted molar refractivity (Wildman–Crippen MR) is 73.2 cm³/mol. The molecule has 92 valence electrons. The molecule has 0 aromatic rings. The maximum atomic E-state index is 11.5. The van der Waals surface area contributed by atoms with Gasteiger partial charge in [-0.15, -0.1) is 0 Å². The smallest absolute Gasteiger partial charge is 0.238 e. The first-order valence-corrected chi connectivity index (χ1v) is 7.48. The van der Waals surface area contributed by atoms with Crippen LogP contribution >= 0.6 is 24.0 Å². The highest BCUT2D eigenvalue weighted by molar-refractivity contribution is 8.22. The van der Waals surface area contributed by atoms with E-state index in [4.69, 9.17) is 12.2 Å². The lowest BCUT2D eigenvalue weighted by Crippen LogP contribution is -2.39. The fourth-order valence-electron chi connectivity index (χ4n) is 2.05. The fraction of sp³-hybridized carbons (Fsp3) is 0.818. The Labute approximate surface area is 107 Å². The average Bonchev–Trinajstić information content (AvgIpc) is 2.34. The Bertz CT molecular complexity index is 240. The summed E-state index contributed by atoms with van der Waals surface area (Å²) in [7, 11) is 0. The van der Waals surface area contributed by atoms with E-state index in [2.05, 4.69) is 10.9 Å². The largest absolute Gasteiger partial charge is 0.283 e. The predicted octanol–water partition coefficient (Wildman–Crippen LogP) is 2.62. The van der Waals surface area contributed by atoms with Crippen LogP contribution in [0.3, 0.4) is 0 Å². The third-order valence-electron chi connectivity index (χ3n) is 2.99. The molecule has 0 atom stereocenters. The minimum atomic E-state index is 0.0435. The Morgan fingerprint density at radius 3 is 2.62 bits per heavy atom. The molecule has 1 fully saturated rings. The van der Waals surface area contributed by atoms with E-state index in [1.54, 1.807) is 0 Å². The van der Waals surface area contributed by atoms with Crippen molar-refractivity contribution in [3.8, 4) is 0 Å². The molecule has 16 heavy (non-hydrogen) atoms. The van der Waals surface area contributed by atoms with Gasteiger partial charge in [0.25, 0.3) is 0 Å². The van der Waals surface area contributed by atoms with Crippen molar-refractivity contribution in [3.05, 3.63) is 0 Å². The van der Waals surface area contributed by atoms with Crippen LogP contribution in [-0.2, 0) is 4.79 Å². The molecule has 0 heterocycles. The van der Waals surface area contributed by atoms with Crippen LogP contribution in [0.2, 0.25) is 0 Å². The van der Waals surface area contributed by atoms with Crippen LogP contribution in [0.25, 0.3) is 0 Å². The van der Waals surface area contributed by atoms with Crippen molar-refractivity contribution in [1.29, 1.82) is 0 Å². The highest BCUT2D eigenvalue weighted by Gasteiger charge is 2.14. The average molecular weight is 260 g/mol. The van der Waals surface area contributed by atoms with Crippen molar-refractivity contribution in [3.63, 3.8) is 0 Å². The summed E-state index contributed by atoms with van der Waals surface area (Å²) in [4.78, 5) is 11.5. The molecule has 0 aromatic carbocycles. The molecular formula is C11H20N2OS2. The van der Waals surface area contributed by atoms with Gasteiger partial charge in [-0.2, -0.15) is 0 Å². The first-order valence-electron chi connectivity index (χ1n) is 5.85. The summed E-state index contributed by atoms with van der Waals surface area (Å²) in [6.07, 6.45) is 10.1. The molecule has 0 aromatic heterocycles. The summed E-state index contributed by atoms with van der Waals surface area (Å²) < 4.78 is 0.603. The van der Waals surface area contributed by atoms with Crippen LogP contribution in [-0.4, -0.2) is 16.5 Å². The maximum Gasteiger partial charge on any atom is 0.238 e. The van der Waals surface area contributed by atoms with Gasteiger partial charge in [0.05, 0.1) is 0 Å². The first kappa shape index (κ1) is 13.8. The SMILES string of the molecule is CSC(=S)NNC(=O)CCC1CCCCC1. The highest BCUT2D eigenvalue weighted by Crippen LogP contribution is 2.26. The summed E-state index contributed by atoms with van der Waals surface area (Å²) in [6.45, 7) is 0. The summed E-state index contributed by atoms with van der Waals surface area (Å²) in [6, 6.07) is 0. The lowest BCUT2D eigenvalue weighted by Gasteiger charge is -2.21. The van der Waals surface area contributed by atoms with E-state index in [9.17, 15) is 4.79 Å². The second-order valence-corrected chi connectivity index (χ2v) is 5.69. The number of hydrogen-bond acceptors (Lipinski definition) is 3. The number of rotatable bonds is 3. The number of thiocarbonyl (C=S) groups is 1. The molecular weight excluding hydrogens is 240 g/mol. The number of amides is 1. The number of carbonyl (C=O) groups is 1. The minimum Gasteiger partial charge on any atom is -0.283 e. The zero-order chi connectivity index (χ0) is 11.8. The maximum absolute atomic E-state index is 11.5. The van der Waals surface area contributed by atoms with Crippen molar-refractivity contribution in [2.45, 2.75) is 44.9 Å². The molecule has 1 rings (SSSR count). The monoisotopic (exact) mass is 260 g/mol. The Hall–Kier alpha value is -0.290. The second-order valence-electron chi connectivity index (χ2n) is 4.21. The van der Waals surface area contributed by atoms with E-state index in [0.29, 0.717) is 10.7 Å². The van der Waals surface area contributed by atoms with Gasteiger partial charge in [-0.25, -0.2) is 0 Å². The van der Waals surface area contributed by atoms with E-state index < -0.39 is 0 Å². The zero-order valence-corrected chi connectivity index (χ0v) is 11.4. The van der Waals surface area contributed by atoms with E-state index in [1.165, 1.54) is 43.9 Å². The molecule has 0 bridgehead atoms. The summed E-state index contributed by atoms with van der Waals surface area (Å²) in [5.74, 6) is 0.800. The molecule has 1 aliphatic rings. The lowest BCUT2D eigenvalue weighted by atomic mass is 9.86. The molecule has 0 aliphatic heterocycles. The van der Waals surface area contributed by atoms with E-state index in [-0.39, 0.29) is 5.91 Å². The van der Waals surface area contributed by atoms with Crippen molar-refractivity contribution >= 4 is 34.2 Å². The number of thioether (sulfide) groups is 1. The van der Waals surface area contributed by atoms with Crippen LogP contribution < -0.4 is 10.9 Å². The number of hydrazine groups is 1. The standard InChI is InChI=1S/C11H20N2OS2/c1-16-11(15)13-12-10(14)8-7-9-5-3-2-4-6-9/h9H,2-8H2,1H3,(H,12,14)(H,13,15). The van der Waals surface area contributed by atoms with Gasteiger partial charge in [0.15, 0.2) is 4.32 Å². The van der Waals surface area contributed by atoms with Gasteiger partial charge in [-0.05, 0) is 18.6 Å². The van der Waals surface area contributed by atoms with Gasteiger partial charge in [0.1, 0.15) is 0 Å². The number of nitrogens with one attached hydrogen (secondary N) is 2. The van der Waals surface area contributed by atoms with E-state index in [1.807, 2.05) is 6.26 Å². The molecule has 2 N–H and O–H groups in total. The van der Waals surface area contributed by atoms with Gasteiger partial charge in [0.2, 0.25) is 5.91 Å². The van der Waals surface area contributed by atoms with Crippen molar-refractivity contribution < 1.29 is 4.79 Å². The van der Waals surface area contributed by atoms with E-state index in [0.717, 1.165) is 12.3 Å². The molecule has 0 spiro atoms. The normalized spacial score (nSPS) is 16.8. The lowest BCUT2D eigenvalue weighted by molar-refractivity contribution is -0.121. The topological polar surface area (TPSA) is 41.1 Å². The van der Waals surface area contributed by atoms with Crippen molar-refractivity contribution in [2.24, 2.45) is 5.92 Å². The summed E-state index contributed by atoms with van der Waals surface area (Å²) in [5, 5.41) is 0. The Morgan fingerprint density at radius 2 is 2.00 bits per heavy atom. The molecule has 0 radical (unpaired) electrons. The van der Waals surface area contributed by atoms with Gasteiger partial charge < -0.3 is 0 Å². The molecule has 5 heteroatoms. The Kier molecular flexibility index (Phi) is 6.80. The molecule has 0 saturated heterocycles. The number of carbonyl (C=O) groups excluding carboxylic acids is 1. The minimum absolute atomic E-state index is 0.0435. The Morgan fingerprint density at radius 1 is 1.31 bits per heavy atom. The molecule has 3 nitrogen and oxygen atoms in total. The third-order valence-corrected chi connectivity index (χ3v) is 4.07. The fourth-order valence-corrected chi connectivity index (χ4v) is 2.25. The highest BCUT2D eigenvalue weighted by atomic mass is 32.2. The van der Waals surface area contributed by atoms with Gasteiger partial charge >= 0.3 is 0 Å². The molecule has 1 saturated carbocycles. The molecule has 0 unspecified atom stereocenters. The zero-order valence-electron chi connectivity index (χ0n) is 9.75. The first-order chi connectivity index (χ1) is 7.72. The Balaban J connectivity index is 2.07. The van der Waals surface area contributed by atoms with Gasteiger partial charge in [-0.3, -0.25) is 15.6 Å². The molecule has 1 aliphatic carbocycles. The van der Waals surface area contributed by atoms with Gasteiger partial charge in [0, 0.05) is 6.42 Å². The second kappa shape index (κ2) is 7.90. The number of hydrogen-bond donors (Lipinski definition) is 2. The van der Waals surface area contributed by atoms with Crippen molar-refractivity contribution in [2.75, 3.05) is 6.26 Å². The van der Waals surface area contributed by atoms with E-state index >= 15 is 0 Å². The van der Waals surface area contributed by atoms with Crippen LogP contribution in [0.15, 0.2) is 0 Å². The van der Waals surface area contributed by atoms with Crippen LogP contribution in [0.1, 0.15) is 44.9 Å². The summed E-state index contributed by atoms with van der Waals surface area (Å²) >= 11 is 6.34. The van der Waals surface area contributed by atoms with Gasteiger partial charge in [-0.1, -0.05) is 56.1 Å². The third kappa shape index (κ3) is 5.70. The van der Waals surface area contributed by atoms with Crippen LogP contribution in [0.5, 0.6) is 0 Å². The molecule has 1 amide bonds. The van der Waals surface area contributed by atoms with Crippen LogP contribution in [0, 0.1) is 5.92 Å². The quantitative estimate of drug-likeness (QED) is 0.604. The van der Waals surface area contributed by atoms with Crippen LogP contribution in [0.4, 0.5) is 0 Å². The van der Waals surface area contributed by atoms with Crippen molar-refractivity contribution in [1.82, 2.24) is 10.9 Å². The summed E-state index contributed by atoms with van der Waals surface area (Å²) in [5.41, 5.74) is 5.34.